The molecule has 0 amide bonds. The van der Waals surface area contributed by atoms with E-state index in [0.717, 1.165) is 0 Å². The normalized spacial score (nSPS) is 13.0. The van der Waals surface area contributed by atoms with Crippen LogP contribution in [0, 0.1) is 0 Å². The van der Waals surface area contributed by atoms with Crippen LogP contribution in [0.1, 0.15) is 13.3 Å². The maximum Gasteiger partial charge on any atom is 0.316 e. The van der Waals surface area contributed by atoms with Crippen LogP contribution in [-0.4, -0.2) is 29.5 Å². The number of aliphatic carboxylic acids is 1. The molecule has 0 aromatic heterocycles. The van der Waals surface area contributed by atoms with Crippen LogP contribution in [0.4, 0.5) is 0 Å². The molecule has 0 aliphatic heterocycles. The molecule has 0 aliphatic carbocycles. The van der Waals surface area contributed by atoms with Gasteiger partial charge < -0.3 is 9.84 Å². The van der Waals surface area contributed by atoms with Crippen molar-refractivity contribution in [1.82, 2.24) is 0 Å². The lowest BCUT2D eigenvalue weighted by atomic mass is 10.3. The second kappa shape index (κ2) is 5.56. The lowest BCUT2D eigenvalue weighted by molar-refractivity contribution is -0.136. The Morgan fingerprint density at radius 1 is 1.80 bits per heavy atom. The average Bonchev–Trinajstić information content (AvgIpc) is 1.88. The molecule has 0 aromatic carbocycles. The standard InChI is InChI=1S/C6H12O3S/c1-2-9-4-3-5(10)6(7)8/h5,10H,2-4H2,1H3,(H,7,8)/t5-/m0/s1. The molecule has 0 saturated heterocycles. The molecule has 1 N–H and O–H groups in total. The molecular formula is C6H12O3S. The molecule has 60 valence electrons. The summed E-state index contributed by atoms with van der Waals surface area (Å²) in [6, 6.07) is 0. The van der Waals surface area contributed by atoms with E-state index in [9.17, 15) is 4.79 Å². The van der Waals surface area contributed by atoms with E-state index in [-0.39, 0.29) is 0 Å². The number of rotatable bonds is 5. The first-order valence-electron chi connectivity index (χ1n) is 3.17. The lowest BCUT2D eigenvalue weighted by Gasteiger charge is -2.03. The summed E-state index contributed by atoms with van der Waals surface area (Å²) in [7, 11) is 0. The van der Waals surface area contributed by atoms with Crippen molar-refractivity contribution in [3.63, 3.8) is 0 Å². The summed E-state index contributed by atoms with van der Waals surface area (Å²) in [5, 5.41) is 7.76. The molecule has 0 unspecified atom stereocenters. The fourth-order valence-electron chi connectivity index (χ4n) is 0.463. The molecule has 0 aromatic rings. The molecule has 0 fully saturated rings. The zero-order valence-corrected chi connectivity index (χ0v) is 6.80. The van der Waals surface area contributed by atoms with Gasteiger partial charge in [-0.3, -0.25) is 4.79 Å². The number of carbonyl (C=O) groups is 1. The topological polar surface area (TPSA) is 46.5 Å². The summed E-state index contributed by atoms with van der Waals surface area (Å²) < 4.78 is 4.94. The molecule has 0 saturated carbocycles. The Balaban J connectivity index is 3.21. The predicted octanol–water partition coefficient (Wildman–Crippen LogP) is 0.796. The number of carboxylic acids is 1. The summed E-state index contributed by atoms with van der Waals surface area (Å²) in [4.78, 5) is 10.2. The maximum atomic E-state index is 10.2. The highest BCUT2D eigenvalue weighted by atomic mass is 32.1. The Bertz CT molecular complexity index is 105. The third kappa shape index (κ3) is 4.64. The van der Waals surface area contributed by atoms with Crippen LogP contribution in [0.5, 0.6) is 0 Å². The molecule has 0 radical (unpaired) electrons. The Kier molecular flexibility index (Phi) is 5.43. The smallest absolute Gasteiger partial charge is 0.316 e. The highest BCUT2D eigenvalue weighted by molar-refractivity contribution is 7.81. The van der Waals surface area contributed by atoms with Crippen molar-refractivity contribution in [3.05, 3.63) is 0 Å². The molecule has 0 heterocycles. The molecule has 3 nitrogen and oxygen atoms in total. The van der Waals surface area contributed by atoms with Gasteiger partial charge in [0.25, 0.3) is 0 Å². The summed E-state index contributed by atoms with van der Waals surface area (Å²) in [5.41, 5.74) is 0. The predicted molar refractivity (Wildman–Crippen MR) is 41.5 cm³/mol. The number of hydrogen-bond acceptors (Lipinski definition) is 3. The summed E-state index contributed by atoms with van der Waals surface area (Å²) in [6.07, 6.45) is 0.465. The zero-order valence-electron chi connectivity index (χ0n) is 5.91. The van der Waals surface area contributed by atoms with Gasteiger partial charge in [0.1, 0.15) is 5.25 Å². The van der Waals surface area contributed by atoms with E-state index in [1.54, 1.807) is 0 Å². The van der Waals surface area contributed by atoms with Gasteiger partial charge in [0.15, 0.2) is 0 Å². The fourth-order valence-corrected chi connectivity index (χ4v) is 0.568. The van der Waals surface area contributed by atoms with E-state index in [2.05, 4.69) is 12.6 Å². The molecule has 1 atom stereocenters. The van der Waals surface area contributed by atoms with E-state index in [0.29, 0.717) is 19.6 Å². The third-order valence-corrected chi connectivity index (χ3v) is 1.50. The Hall–Kier alpha value is -0.220. The minimum absolute atomic E-state index is 0.465. The van der Waals surface area contributed by atoms with E-state index in [4.69, 9.17) is 9.84 Å². The van der Waals surface area contributed by atoms with Crippen LogP contribution >= 0.6 is 12.6 Å². The summed E-state index contributed by atoms with van der Waals surface area (Å²) in [6.45, 7) is 2.96. The van der Waals surface area contributed by atoms with E-state index in [1.165, 1.54) is 0 Å². The van der Waals surface area contributed by atoms with E-state index >= 15 is 0 Å². The number of carboxylic acid groups (broad SMARTS) is 1. The van der Waals surface area contributed by atoms with Crippen LogP contribution in [0.25, 0.3) is 0 Å². The number of hydrogen-bond donors (Lipinski definition) is 2. The van der Waals surface area contributed by atoms with Crippen LogP contribution in [0.2, 0.25) is 0 Å². The van der Waals surface area contributed by atoms with E-state index < -0.39 is 11.2 Å². The van der Waals surface area contributed by atoms with E-state index in [1.807, 2.05) is 6.92 Å². The van der Waals surface area contributed by atoms with Gasteiger partial charge in [-0.05, 0) is 13.3 Å². The van der Waals surface area contributed by atoms with Crippen molar-refractivity contribution in [2.75, 3.05) is 13.2 Å². The van der Waals surface area contributed by atoms with Gasteiger partial charge in [-0.2, -0.15) is 12.6 Å². The van der Waals surface area contributed by atoms with Crippen LogP contribution in [-0.2, 0) is 9.53 Å². The Morgan fingerprint density at radius 3 is 2.80 bits per heavy atom. The Labute approximate surface area is 65.8 Å². The first kappa shape index (κ1) is 9.78. The highest BCUT2D eigenvalue weighted by Crippen LogP contribution is 2.00. The van der Waals surface area contributed by atoms with Gasteiger partial charge in [-0.15, -0.1) is 0 Å². The maximum absolute atomic E-state index is 10.2. The van der Waals surface area contributed by atoms with Gasteiger partial charge >= 0.3 is 5.97 Å². The SMILES string of the molecule is CCOCC[C@H](S)C(=O)O. The molecule has 0 spiro atoms. The summed E-state index contributed by atoms with van der Waals surface area (Å²) in [5.74, 6) is -0.886. The van der Waals surface area contributed by atoms with Gasteiger partial charge in [0, 0.05) is 13.2 Å². The van der Waals surface area contributed by atoms with Crippen LogP contribution in [0.3, 0.4) is 0 Å². The molecule has 0 aliphatic rings. The lowest BCUT2D eigenvalue weighted by Crippen LogP contribution is -2.15. The number of ether oxygens (including phenoxy) is 1. The monoisotopic (exact) mass is 164 g/mol. The zero-order chi connectivity index (χ0) is 7.98. The van der Waals surface area contributed by atoms with Crippen molar-refractivity contribution in [3.8, 4) is 0 Å². The first-order valence-corrected chi connectivity index (χ1v) is 3.68. The summed E-state index contributed by atoms with van der Waals surface area (Å²) >= 11 is 3.82. The number of thiol groups is 1. The van der Waals surface area contributed by atoms with Gasteiger partial charge in [0.05, 0.1) is 0 Å². The van der Waals surface area contributed by atoms with Crippen LogP contribution < -0.4 is 0 Å². The van der Waals surface area contributed by atoms with Crippen molar-refractivity contribution in [2.24, 2.45) is 0 Å². The van der Waals surface area contributed by atoms with Gasteiger partial charge in [-0.25, -0.2) is 0 Å². The molecule has 0 rings (SSSR count). The third-order valence-electron chi connectivity index (χ3n) is 1.02. The molecule has 10 heavy (non-hydrogen) atoms. The molecule has 4 heteroatoms. The highest BCUT2D eigenvalue weighted by Gasteiger charge is 2.10. The van der Waals surface area contributed by atoms with Gasteiger partial charge in [-0.1, -0.05) is 0 Å². The average molecular weight is 164 g/mol. The minimum atomic E-state index is -0.886. The van der Waals surface area contributed by atoms with Crippen LogP contribution in [0.15, 0.2) is 0 Å². The Morgan fingerprint density at radius 2 is 2.40 bits per heavy atom. The van der Waals surface area contributed by atoms with Crippen molar-refractivity contribution in [2.45, 2.75) is 18.6 Å². The minimum Gasteiger partial charge on any atom is -0.480 e. The molecule has 0 bridgehead atoms. The largest absolute Gasteiger partial charge is 0.480 e. The van der Waals surface area contributed by atoms with Gasteiger partial charge in [0.2, 0.25) is 0 Å². The second-order valence-electron chi connectivity index (χ2n) is 1.84. The first-order chi connectivity index (χ1) is 4.68. The van der Waals surface area contributed by atoms with Crippen molar-refractivity contribution in [1.29, 1.82) is 0 Å². The van der Waals surface area contributed by atoms with Crippen molar-refractivity contribution < 1.29 is 14.6 Å². The fraction of sp³-hybridized carbons (Fsp3) is 0.833. The quantitative estimate of drug-likeness (QED) is 0.466. The molecular weight excluding hydrogens is 152 g/mol. The second-order valence-corrected chi connectivity index (χ2v) is 2.46. The van der Waals surface area contributed by atoms with Crippen molar-refractivity contribution >= 4 is 18.6 Å².